The van der Waals surface area contributed by atoms with Crippen LogP contribution >= 0.6 is 11.6 Å². The minimum atomic E-state index is -0.489. The molecule has 6 heteroatoms. The van der Waals surface area contributed by atoms with Crippen molar-refractivity contribution in [3.63, 3.8) is 0 Å². The highest BCUT2D eigenvalue weighted by Gasteiger charge is 2.11. The summed E-state index contributed by atoms with van der Waals surface area (Å²) in [6, 6.07) is 13.6. The molecule has 0 atom stereocenters. The molecule has 2 aromatic carbocycles. The molecule has 0 aliphatic heterocycles. The molecule has 0 bridgehead atoms. The van der Waals surface area contributed by atoms with Gasteiger partial charge in [0.2, 0.25) is 0 Å². The number of para-hydroxylation sites is 2. The minimum absolute atomic E-state index is 0.0515. The zero-order valence-electron chi connectivity index (χ0n) is 11.5. The summed E-state index contributed by atoms with van der Waals surface area (Å²) in [4.78, 5) is 23.6. The predicted octanol–water partition coefficient (Wildman–Crippen LogP) is 3.24. The van der Waals surface area contributed by atoms with Crippen molar-refractivity contribution >= 4 is 28.7 Å². The molecule has 5 nitrogen and oxygen atoms in total. The molecule has 0 saturated carbocycles. The number of aromatic nitrogens is 1. The Morgan fingerprint density at radius 2 is 2.00 bits per heavy atom. The second-order valence-electron chi connectivity index (χ2n) is 4.67. The molecule has 112 valence electrons. The molecule has 0 aliphatic rings. The third-order valence-electron chi connectivity index (χ3n) is 3.14. The molecule has 0 N–H and O–H groups in total. The first kappa shape index (κ1) is 14.4. The first-order valence-corrected chi connectivity index (χ1v) is 7.06. The van der Waals surface area contributed by atoms with Gasteiger partial charge in [0.05, 0.1) is 11.9 Å². The second-order valence-corrected chi connectivity index (χ2v) is 5.11. The summed E-state index contributed by atoms with van der Waals surface area (Å²) >= 11 is 5.82. The highest BCUT2D eigenvalue weighted by Crippen LogP contribution is 2.18. The smallest absolute Gasteiger partial charge is 0.419 e. The zero-order valence-corrected chi connectivity index (χ0v) is 12.2. The lowest BCUT2D eigenvalue weighted by atomic mass is 10.3. The molecule has 1 aromatic heterocycles. The van der Waals surface area contributed by atoms with E-state index >= 15 is 0 Å². The van der Waals surface area contributed by atoms with E-state index in [1.54, 1.807) is 48.5 Å². The number of esters is 1. The second kappa shape index (κ2) is 6.07. The van der Waals surface area contributed by atoms with Gasteiger partial charge in [-0.3, -0.25) is 9.36 Å². The van der Waals surface area contributed by atoms with Gasteiger partial charge in [0, 0.05) is 11.6 Å². The fraction of sp³-hybridized carbons (Fsp3) is 0.125. The molecule has 0 amide bonds. The lowest BCUT2D eigenvalue weighted by Crippen LogP contribution is -2.18. The summed E-state index contributed by atoms with van der Waals surface area (Å²) < 4.78 is 11.7. The summed E-state index contributed by atoms with van der Waals surface area (Å²) in [6.07, 6.45) is 0.0515. The Hall–Kier alpha value is -2.53. The lowest BCUT2D eigenvalue weighted by molar-refractivity contribution is -0.134. The van der Waals surface area contributed by atoms with Crippen molar-refractivity contribution in [3.8, 4) is 5.75 Å². The Morgan fingerprint density at radius 1 is 1.18 bits per heavy atom. The molecule has 0 saturated heterocycles. The Bertz CT molecular complexity index is 881. The number of halogens is 1. The number of hydrogen-bond donors (Lipinski definition) is 0. The number of rotatable bonds is 4. The number of hydrogen-bond acceptors (Lipinski definition) is 4. The van der Waals surface area contributed by atoms with Crippen LogP contribution in [0.5, 0.6) is 5.75 Å². The monoisotopic (exact) mass is 317 g/mol. The largest absolute Gasteiger partial charge is 0.426 e. The average Bonchev–Trinajstić information content (AvgIpc) is 2.80. The van der Waals surface area contributed by atoms with Crippen molar-refractivity contribution in [3.05, 3.63) is 64.1 Å². The van der Waals surface area contributed by atoms with Crippen LogP contribution in [0.3, 0.4) is 0 Å². The maximum absolute atomic E-state index is 11.9. The molecule has 3 rings (SSSR count). The maximum atomic E-state index is 11.9. The van der Waals surface area contributed by atoms with Crippen molar-refractivity contribution in [1.29, 1.82) is 0 Å². The van der Waals surface area contributed by atoms with Gasteiger partial charge < -0.3 is 9.15 Å². The molecular formula is C16H12ClNO4. The van der Waals surface area contributed by atoms with Gasteiger partial charge in [0.1, 0.15) is 5.75 Å². The Balaban J connectivity index is 1.70. The van der Waals surface area contributed by atoms with Gasteiger partial charge in [0.25, 0.3) is 0 Å². The molecule has 0 spiro atoms. The SMILES string of the molecule is O=C(CCn1c(=O)oc2ccccc21)Oc1cccc(Cl)c1. The van der Waals surface area contributed by atoms with E-state index in [4.69, 9.17) is 20.8 Å². The minimum Gasteiger partial charge on any atom is -0.426 e. The molecule has 0 radical (unpaired) electrons. The van der Waals surface area contributed by atoms with Crippen LogP contribution in [0.2, 0.25) is 5.02 Å². The van der Waals surface area contributed by atoms with Crippen molar-refractivity contribution < 1.29 is 13.9 Å². The van der Waals surface area contributed by atoms with Crippen LogP contribution in [-0.4, -0.2) is 10.5 Å². The van der Waals surface area contributed by atoms with E-state index in [-0.39, 0.29) is 13.0 Å². The summed E-state index contributed by atoms with van der Waals surface area (Å²) in [6.45, 7) is 0.190. The maximum Gasteiger partial charge on any atom is 0.419 e. The summed E-state index contributed by atoms with van der Waals surface area (Å²) in [5, 5.41) is 0.488. The average molecular weight is 318 g/mol. The van der Waals surface area contributed by atoms with E-state index in [1.807, 2.05) is 0 Å². The molecule has 3 aromatic rings. The van der Waals surface area contributed by atoms with E-state index in [2.05, 4.69) is 0 Å². The van der Waals surface area contributed by atoms with Crippen LogP contribution in [0.1, 0.15) is 6.42 Å². The van der Waals surface area contributed by atoms with E-state index in [0.29, 0.717) is 21.9 Å². The fourth-order valence-electron chi connectivity index (χ4n) is 2.14. The van der Waals surface area contributed by atoms with Crippen LogP contribution < -0.4 is 10.5 Å². The van der Waals surface area contributed by atoms with Gasteiger partial charge in [-0.15, -0.1) is 0 Å². The third kappa shape index (κ3) is 3.04. The van der Waals surface area contributed by atoms with Crippen LogP contribution in [0.15, 0.2) is 57.7 Å². The number of carbonyl (C=O) groups excluding carboxylic acids is 1. The van der Waals surface area contributed by atoms with E-state index in [0.717, 1.165) is 0 Å². The first-order chi connectivity index (χ1) is 10.6. The van der Waals surface area contributed by atoms with E-state index in [1.165, 1.54) is 4.57 Å². The standard InChI is InChI=1S/C16H12ClNO4/c17-11-4-3-5-12(10-11)21-15(19)8-9-18-13-6-1-2-7-14(13)22-16(18)20/h1-7,10H,8-9H2. The number of fused-ring (bicyclic) bond motifs is 1. The highest BCUT2D eigenvalue weighted by molar-refractivity contribution is 6.30. The number of carbonyl (C=O) groups is 1. The Labute approximate surface area is 130 Å². The summed E-state index contributed by atoms with van der Waals surface area (Å²) in [7, 11) is 0. The number of aryl methyl sites for hydroxylation is 1. The van der Waals surface area contributed by atoms with Crippen molar-refractivity contribution in [2.75, 3.05) is 0 Å². The highest BCUT2D eigenvalue weighted by atomic mass is 35.5. The molecule has 0 unspecified atom stereocenters. The van der Waals surface area contributed by atoms with Gasteiger partial charge in [-0.25, -0.2) is 4.79 Å². The van der Waals surface area contributed by atoms with Crippen LogP contribution in [-0.2, 0) is 11.3 Å². The van der Waals surface area contributed by atoms with Gasteiger partial charge in [0.15, 0.2) is 5.58 Å². The number of oxazole rings is 1. The van der Waals surface area contributed by atoms with Crippen LogP contribution in [0.25, 0.3) is 11.1 Å². The van der Waals surface area contributed by atoms with Crippen molar-refractivity contribution in [2.45, 2.75) is 13.0 Å². The Morgan fingerprint density at radius 3 is 2.82 bits per heavy atom. The third-order valence-corrected chi connectivity index (χ3v) is 3.38. The Kier molecular flexibility index (Phi) is 3.98. The van der Waals surface area contributed by atoms with E-state index in [9.17, 15) is 9.59 Å². The molecule has 0 fully saturated rings. The predicted molar refractivity (Wildman–Crippen MR) is 82.2 cm³/mol. The normalized spacial score (nSPS) is 10.8. The van der Waals surface area contributed by atoms with Crippen molar-refractivity contribution in [1.82, 2.24) is 4.57 Å². The van der Waals surface area contributed by atoms with Gasteiger partial charge in [-0.1, -0.05) is 29.8 Å². The fourth-order valence-corrected chi connectivity index (χ4v) is 2.32. The zero-order chi connectivity index (χ0) is 15.5. The molecule has 1 heterocycles. The topological polar surface area (TPSA) is 61.4 Å². The number of benzene rings is 2. The molecule has 22 heavy (non-hydrogen) atoms. The molecule has 0 aliphatic carbocycles. The van der Waals surface area contributed by atoms with Crippen LogP contribution in [0, 0.1) is 0 Å². The number of nitrogens with zero attached hydrogens (tertiary/aromatic N) is 1. The van der Waals surface area contributed by atoms with Gasteiger partial charge >= 0.3 is 11.7 Å². The van der Waals surface area contributed by atoms with Gasteiger partial charge in [-0.2, -0.15) is 0 Å². The quantitative estimate of drug-likeness (QED) is 0.547. The first-order valence-electron chi connectivity index (χ1n) is 6.68. The van der Waals surface area contributed by atoms with Crippen molar-refractivity contribution in [2.24, 2.45) is 0 Å². The van der Waals surface area contributed by atoms with Crippen LogP contribution in [0.4, 0.5) is 0 Å². The summed E-state index contributed by atoms with van der Waals surface area (Å²) in [5.41, 5.74) is 1.15. The number of ether oxygens (including phenoxy) is 1. The van der Waals surface area contributed by atoms with E-state index < -0.39 is 11.7 Å². The lowest BCUT2D eigenvalue weighted by Gasteiger charge is -2.05. The molecular weight excluding hydrogens is 306 g/mol. The summed E-state index contributed by atoms with van der Waals surface area (Å²) in [5.74, 6) is -0.557. The van der Waals surface area contributed by atoms with Gasteiger partial charge in [-0.05, 0) is 30.3 Å².